The van der Waals surface area contributed by atoms with Crippen molar-refractivity contribution < 1.29 is 14.1 Å². The average molecular weight is 394 g/mol. The third kappa shape index (κ3) is 3.31. The van der Waals surface area contributed by atoms with Gasteiger partial charge >= 0.3 is 5.69 Å². The van der Waals surface area contributed by atoms with Gasteiger partial charge in [0, 0.05) is 41.8 Å². The molecule has 0 fully saturated rings. The number of benzene rings is 2. The summed E-state index contributed by atoms with van der Waals surface area (Å²) in [4.78, 5) is 22.9. The summed E-state index contributed by atoms with van der Waals surface area (Å²) >= 11 is 0. The third-order valence-electron chi connectivity index (χ3n) is 4.45. The first kappa shape index (κ1) is 18.3. The molecule has 0 aliphatic heterocycles. The highest BCUT2D eigenvalue weighted by Crippen LogP contribution is 2.33. The number of fused-ring (bicyclic) bond motifs is 1. The fourth-order valence-electron chi connectivity index (χ4n) is 3.05. The molecule has 0 atom stereocenters. The van der Waals surface area contributed by atoms with Crippen molar-refractivity contribution in [2.24, 2.45) is 7.05 Å². The van der Waals surface area contributed by atoms with Gasteiger partial charge in [0.2, 0.25) is 11.8 Å². The van der Waals surface area contributed by atoms with Crippen LogP contribution in [0, 0.1) is 15.9 Å². The second-order valence-electron chi connectivity index (χ2n) is 6.18. The molecule has 0 amide bonds. The fraction of sp³-hybridized carbons (Fsp3) is 0.105. The Morgan fingerprint density at radius 2 is 2.07 bits per heavy atom. The van der Waals surface area contributed by atoms with Crippen molar-refractivity contribution in [3.05, 3.63) is 64.9 Å². The van der Waals surface area contributed by atoms with Gasteiger partial charge in [-0.3, -0.25) is 10.1 Å². The van der Waals surface area contributed by atoms with Crippen LogP contribution in [0.25, 0.3) is 22.3 Å². The van der Waals surface area contributed by atoms with E-state index in [-0.39, 0.29) is 17.4 Å². The number of hydrogen-bond acceptors (Lipinski definition) is 7. The number of hydrogen-bond donors (Lipinski definition) is 1. The smallest absolute Gasteiger partial charge is 0.307 e. The Balaban J connectivity index is 1.75. The minimum Gasteiger partial charge on any atom is -0.494 e. The maximum absolute atomic E-state index is 13.8. The number of rotatable bonds is 5. The fourth-order valence-corrected chi connectivity index (χ4v) is 3.05. The number of nitro benzene ring substituents is 1. The highest BCUT2D eigenvalue weighted by Gasteiger charge is 2.20. The van der Waals surface area contributed by atoms with Gasteiger partial charge in [0.25, 0.3) is 0 Å². The Hall–Kier alpha value is -4.08. The van der Waals surface area contributed by atoms with Crippen LogP contribution < -0.4 is 10.1 Å². The number of anilines is 2. The molecule has 0 saturated carbocycles. The Bertz CT molecular complexity index is 1240. The first-order valence-electron chi connectivity index (χ1n) is 8.50. The van der Waals surface area contributed by atoms with E-state index in [1.54, 1.807) is 0 Å². The highest BCUT2D eigenvalue weighted by atomic mass is 19.1. The van der Waals surface area contributed by atoms with Crippen LogP contribution in [0.4, 0.5) is 21.7 Å². The van der Waals surface area contributed by atoms with E-state index in [1.165, 1.54) is 13.4 Å². The van der Waals surface area contributed by atoms with Gasteiger partial charge in [-0.15, -0.1) is 0 Å². The van der Waals surface area contributed by atoms with Crippen LogP contribution in [0.15, 0.2) is 48.9 Å². The van der Waals surface area contributed by atoms with Crippen LogP contribution in [0.2, 0.25) is 0 Å². The first-order chi connectivity index (χ1) is 14.0. The van der Waals surface area contributed by atoms with Crippen molar-refractivity contribution in [1.82, 2.24) is 19.5 Å². The Kier molecular flexibility index (Phi) is 4.51. The van der Waals surface area contributed by atoms with E-state index in [2.05, 4.69) is 20.3 Å². The number of nitrogens with zero attached hydrogens (tertiary/aromatic N) is 5. The van der Waals surface area contributed by atoms with Gasteiger partial charge in [-0.1, -0.05) is 12.1 Å². The van der Waals surface area contributed by atoms with Gasteiger partial charge in [0.15, 0.2) is 5.82 Å². The van der Waals surface area contributed by atoms with Gasteiger partial charge in [-0.05, 0) is 12.1 Å². The summed E-state index contributed by atoms with van der Waals surface area (Å²) in [5.74, 6) is -0.346. The topological polar surface area (TPSA) is 108 Å². The van der Waals surface area contributed by atoms with Gasteiger partial charge in [0.05, 0.1) is 17.7 Å². The van der Waals surface area contributed by atoms with E-state index in [9.17, 15) is 14.5 Å². The quantitative estimate of drug-likeness (QED) is 0.405. The maximum Gasteiger partial charge on any atom is 0.307 e. The Morgan fingerprint density at radius 3 is 2.83 bits per heavy atom. The Labute approximate surface area is 164 Å². The van der Waals surface area contributed by atoms with Gasteiger partial charge < -0.3 is 14.6 Å². The summed E-state index contributed by atoms with van der Waals surface area (Å²) in [7, 11) is 3.28. The van der Waals surface area contributed by atoms with Crippen molar-refractivity contribution in [3.63, 3.8) is 0 Å². The number of ether oxygens (including phenoxy) is 1. The summed E-state index contributed by atoms with van der Waals surface area (Å²) in [5, 5.41) is 14.9. The van der Waals surface area contributed by atoms with E-state index in [0.29, 0.717) is 5.82 Å². The van der Waals surface area contributed by atoms with Crippen LogP contribution in [0.3, 0.4) is 0 Å². The van der Waals surface area contributed by atoms with Crippen LogP contribution in [-0.2, 0) is 7.05 Å². The lowest BCUT2D eigenvalue weighted by atomic mass is 10.1. The zero-order valence-electron chi connectivity index (χ0n) is 15.5. The molecule has 0 unspecified atom stereocenters. The molecule has 0 saturated heterocycles. The summed E-state index contributed by atoms with van der Waals surface area (Å²) in [6, 6.07) is 9.73. The number of nitrogens with one attached hydrogen (secondary N) is 1. The predicted octanol–water partition coefficient (Wildman–Crippen LogP) is 3.83. The molecule has 4 aromatic rings. The lowest BCUT2D eigenvalue weighted by molar-refractivity contribution is -0.387. The minimum atomic E-state index is -0.996. The molecular weight excluding hydrogens is 379 g/mol. The maximum atomic E-state index is 13.8. The lowest BCUT2D eigenvalue weighted by Gasteiger charge is -2.11. The number of nitro groups is 1. The molecule has 2 aromatic heterocycles. The standard InChI is InChI=1S/C19H15FN6O3/c1-25-7-6-11-12(4-3-5-15(11)25)18-21-10-22-19(24-18)23-14-9-16(26(27)28)13(20)8-17(14)29-2/h3-10H,1-2H3,(H,21,22,23,24). The number of methoxy groups -OCH3 is 1. The van der Waals surface area contributed by atoms with Crippen molar-refractivity contribution in [3.8, 4) is 17.1 Å². The summed E-state index contributed by atoms with van der Waals surface area (Å²) in [6.45, 7) is 0. The number of halogens is 1. The molecule has 4 rings (SSSR count). The second-order valence-corrected chi connectivity index (χ2v) is 6.18. The summed E-state index contributed by atoms with van der Waals surface area (Å²) in [6.07, 6.45) is 3.27. The monoisotopic (exact) mass is 394 g/mol. The van der Waals surface area contributed by atoms with E-state index in [4.69, 9.17) is 4.74 Å². The minimum absolute atomic E-state index is 0.0835. The van der Waals surface area contributed by atoms with Crippen LogP contribution >= 0.6 is 0 Å². The lowest BCUT2D eigenvalue weighted by Crippen LogP contribution is -2.03. The molecule has 29 heavy (non-hydrogen) atoms. The molecule has 0 aliphatic carbocycles. The third-order valence-corrected chi connectivity index (χ3v) is 4.45. The Morgan fingerprint density at radius 1 is 1.24 bits per heavy atom. The van der Waals surface area contributed by atoms with Crippen molar-refractivity contribution >= 4 is 28.2 Å². The number of aryl methyl sites for hydroxylation is 1. The molecule has 9 nitrogen and oxygen atoms in total. The van der Waals surface area contributed by atoms with Crippen LogP contribution in [0.5, 0.6) is 5.75 Å². The van der Waals surface area contributed by atoms with E-state index in [0.717, 1.165) is 28.6 Å². The van der Waals surface area contributed by atoms with Crippen molar-refractivity contribution in [1.29, 1.82) is 0 Å². The largest absolute Gasteiger partial charge is 0.494 e. The molecule has 2 heterocycles. The molecular formula is C19H15FN6O3. The van der Waals surface area contributed by atoms with Crippen molar-refractivity contribution in [2.75, 3.05) is 12.4 Å². The molecule has 2 aromatic carbocycles. The van der Waals surface area contributed by atoms with Crippen LogP contribution in [-0.4, -0.2) is 31.6 Å². The molecule has 10 heteroatoms. The zero-order chi connectivity index (χ0) is 20.5. The molecule has 0 aliphatic rings. The van der Waals surface area contributed by atoms with E-state index >= 15 is 0 Å². The van der Waals surface area contributed by atoms with E-state index < -0.39 is 16.4 Å². The molecule has 0 spiro atoms. The zero-order valence-corrected chi connectivity index (χ0v) is 15.5. The average Bonchev–Trinajstić information content (AvgIpc) is 3.10. The normalized spacial score (nSPS) is 10.9. The second kappa shape index (κ2) is 7.15. The van der Waals surface area contributed by atoms with Gasteiger partial charge in [-0.25, -0.2) is 9.97 Å². The van der Waals surface area contributed by atoms with Gasteiger partial charge in [-0.2, -0.15) is 9.37 Å². The van der Waals surface area contributed by atoms with E-state index in [1.807, 2.05) is 42.1 Å². The SMILES string of the molecule is COc1cc(F)c([N+](=O)[O-])cc1Nc1ncnc(-c2cccc3c2ccn3C)n1. The molecule has 0 radical (unpaired) electrons. The summed E-state index contributed by atoms with van der Waals surface area (Å²) in [5.41, 5.74) is 1.31. The molecule has 146 valence electrons. The predicted molar refractivity (Wildman–Crippen MR) is 105 cm³/mol. The molecule has 0 bridgehead atoms. The summed E-state index contributed by atoms with van der Waals surface area (Å²) < 4.78 is 20.9. The van der Waals surface area contributed by atoms with Gasteiger partial charge in [0.1, 0.15) is 12.1 Å². The highest BCUT2D eigenvalue weighted by molar-refractivity contribution is 5.93. The van der Waals surface area contributed by atoms with Crippen molar-refractivity contribution in [2.45, 2.75) is 0 Å². The first-order valence-corrected chi connectivity index (χ1v) is 8.50. The van der Waals surface area contributed by atoms with Crippen LogP contribution in [0.1, 0.15) is 0 Å². The number of aromatic nitrogens is 4. The molecule has 1 N–H and O–H groups in total.